The standard InChI is InChI=1S/GeH4.Mg.H2O.W.2H/h1H4;;1H2;;;/q;+2;;;2*-1. The second kappa shape index (κ2) is 20.3. The van der Waals surface area contributed by atoms with E-state index in [2.05, 4.69) is 0 Å². The zero-order chi connectivity index (χ0) is 0. The molecule has 0 saturated heterocycles. The molecule has 0 heterocycles. The Balaban J connectivity index is 0. The number of hydrogen-bond donors (Lipinski definition) is 0. The smallest absolute Gasteiger partial charge is 1.00 e. The normalized spacial score (nSPS) is 0. The maximum absolute atomic E-state index is 0. The maximum Gasteiger partial charge on any atom is 2.00 e. The minimum atomic E-state index is 0. The molecule has 0 amide bonds. The molecule has 0 aliphatic rings. The summed E-state index contributed by atoms with van der Waals surface area (Å²) in [4.78, 5) is 0. The summed E-state index contributed by atoms with van der Waals surface area (Å²) in [5.41, 5.74) is 0. The summed E-state index contributed by atoms with van der Waals surface area (Å²) in [7, 11) is 0. The van der Waals surface area contributed by atoms with Crippen LogP contribution in [0, 0.1) is 0 Å². The van der Waals surface area contributed by atoms with Crippen molar-refractivity contribution in [3.05, 3.63) is 0 Å². The fourth-order valence-electron chi connectivity index (χ4n) is 0. The Morgan fingerprint density at radius 1 is 1.25 bits per heavy atom. The fraction of sp³-hybridized carbons (Fsp3) is 0. The third kappa shape index (κ3) is 9.03. The Kier molecular flexibility index (Phi) is 194. The van der Waals surface area contributed by atoms with E-state index in [1.165, 1.54) is 0 Å². The summed E-state index contributed by atoms with van der Waals surface area (Å²) in [6.07, 6.45) is 0. The molecular formula is H8GeMgOW. The van der Waals surface area contributed by atoms with Crippen LogP contribution in [0.3, 0.4) is 0 Å². The molecule has 2 N–H and O–H groups in total. The summed E-state index contributed by atoms with van der Waals surface area (Å²) in [5.74, 6) is 0. The van der Waals surface area contributed by atoms with Gasteiger partial charge in [0, 0.05) is 21.1 Å². The first-order valence-corrected chi connectivity index (χ1v) is 0. The van der Waals surface area contributed by atoms with Crippen molar-refractivity contribution in [2.75, 3.05) is 0 Å². The van der Waals surface area contributed by atoms with Gasteiger partial charge in [-0.15, -0.1) is 0 Å². The molecule has 0 aliphatic carbocycles. The van der Waals surface area contributed by atoms with E-state index >= 15 is 0 Å². The van der Waals surface area contributed by atoms with E-state index in [9.17, 15) is 0 Å². The molecule has 0 fully saturated rings. The van der Waals surface area contributed by atoms with Gasteiger partial charge in [0.15, 0.2) is 0 Å². The van der Waals surface area contributed by atoms with Crippen molar-refractivity contribution in [2.45, 2.75) is 0 Å². The molecule has 0 bridgehead atoms. The predicted molar refractivity (Wildman–Crippen MR) is 22.9 cm³/mol. The molecule has 0 aromatic carbocycles. The van der Waals surface area contributed by atoms with E-state index < -0.39 is 0 Å². The molecule has 1 nitrogen and oxygen atoms in total. The van der Waals surface area contributed by atoms with Crippen molar-refractivity contribution in [2.24, 2.45) is 0 Å². The van der Waals surface area contributed by atoms with E-state index in [1.54, 1.807) is 0 Å². The van der Waals surface area contributed by atoms with Crippen molar-refractivity contribution in [1.82, 2.24) is 0 Å². The molecule has 0 saturated carbocycles. The molecule has 0 aromatic rings. The minimum Gasteiger partial charge on any atom is -1.00 e. The Hall–Kier alpha value is 1.96. The first kappa shape index (κ1) is 38.2. The number of rotatable bonds is 0. The second-order valence-electron chi connectivity index (χ2n) is 0. The van der Waals surface area contributed by atoms with Gasteiger partial charge in [-0.05, 0) is 0 Å². The van der Waals surface area contributed by atoms with Crippen LogP contribution in [0.4, 0.5) is 0 Å². The molecule has 0 radical (unpaired) electrons. The van der Waals surface area contributed by atoms with Crippen molar-refractivity contribution in [3.63, 3.8) is 0 Å². The zero-order valence-corrected chi connectivity index (χ0v) is 5.96. The van der Waals surface area contributed by atoms with Crippen LogP contribution in [0.2, 0.25) is 0 Å². The third-order valence-electron chi connectivity index (χ3n) is 0. The number of hydrogen-bond acceptors (Lipinski definition) is 0. The van der Waals surface area contributed by atoms with Crippen LogP contribution in [0.5, 0.6) is 0 Å². The van der Waals surface area contributed by atoms with Crippen LogP contribution in [-0.4, -0.2) is 46.1 Å². The van der Waals surface area contributed by atoms with Gasteiger partial charge < -0.3 is 8.33 Å². The molecule has 0 atom stereocenters. The van der Waals surface area contributed by atoms with Gasteiger partial charge in [0.25, 0.3) is 0 Å². The SMILES string of the molecule is O.[GeH4].[H-].[H-].[Mg+2].[W]. The zero-order valence-electron chi connectivity index (χ0n) is 3.62. The topological polar surface area (TPSA) is 31.5 Å². The molecule has 4 heavy (non-hydrogen) atoms. The van der Waals surface area contributed by atoms with E-state index in [-0.39, 0.29) is 70.0 Å². The Labute approximate surface area is 69.6 Å². The second-order valence-corrected chi connectivity index (χ2v) is 0. The van der Waals surface area contributed by atoms with Gasteiger partial charge in [-0.3, -0.25) is 0 Å². The van der Waals surface area contributed by atoms with E-state index in [1.807, 2.05) is 0 Å². The monoisotopic (exact) mass is 306 g/mol. The first-order chi connectivity index (χ1) is 0. The average Bonchev–Trinajstić information content (AvgIpc) is 0. The van der Waals surface area contributed by atoms with E-state index in [4.69, 9.17) is 0 Å². The largest absolute Gasteiger partial charge is 2.00 e. The van der Waals surface area contributed by atoms with Crippen molar-refractivity contribution >= 4 is 40.6 Å². The summed E-state index contributed by atoms with van der Waals surface area (Å²) in [5, 5.41) is 0. The van der Waals surface area contributed by atoms with Gasteiger partial charge in [-0.1, -0.05) is 0 Å². The molecule has 0 aliphatic heterocycles. The van der Waals surface area contributed by atoms with Gasteiger partial charge in [0.05, 0.1) is 0 Å². The van der Waals surface area contributed by atoms with Gasteiger partial charge >= 0.3 is 40.6 Å². The fourth-order valence-corrected chi connectivity index (χ4v) is 0. The maximum atomic E-state index is 0. The van der Waals surface area contributed by atoms with Crippen molar-refractivity contribution in [3.8, 4) is 0 Å². The van der Waals surface area contributed by atoms with Crippen LogP contribution >= 0.6 is 0 Å². The van der Waals surface area contributed by atoms with Crippen LogP contribution in [0.15, 0.2) is 0 Å². The quantitative estimate of drug-likeness (QED) is 0.446. The van der Waals surface area contributed by atoms with Crippen molar-refractivity contribution in [1.29, 1.82) is 0 Å². The summed E-state index contributed by atoms with van der Waals surface area (Å²) in [6, 6.07) is 0. The van der Waals surface area contributed by atoms with Gasteiger partial charge in [-0.2, -0.15) is 0 Å². The van der Waals surface area contributed by atoms with E-state index in [0.29, 0.717) is 0 Å². The molecular weight excluding hydrogens is 297 g/mol. The molecule has 4 heteroatoms. The molecule has 26 valence electrons. The van der Waals surface area contributed by atoms with Crippen LogP contribution < -0.4 is 0 Å². The van der Waals surface area contributed by atoms with Gasteiger partial charge in [-0.25, -0.2) is 0 Å². The molecule has 0 unspecified atom stereocenters. The first-order valence-electron chi connectivity index (χ1n) is 0. The molecule has 0 spiro atoms. The summed E-state index contributed by atoms with van der Waals surface area (Å²) < 4.78 is 0. The average molecular weight is 305 g/mol. The van der Waals surface area contributed by atoms with Crippen LogP contribution in [0.25, 0.3) is 0 Å². The van der Waals surface area contributed by atoms with Gasteiger partial charge in [0.1, 0.15) is 0 Å². The van der Waals surface area contributed by atoms with Crippen LogP contribution in [-0.2, 0) is 21.1 Å². The minimum absolute atomic E-state index is 0. The Morgan fingerprint density at radius 3 is 1.25 bits per heavy atom. The van der Waals surface area contributed by atoms with Crippen molar-refractivity contribution < 1.29 is 29.4 Å². The van der Waals surface area contributed by atoms with E-state index in [0.717, 1.165) is 0 Å². The molecule has 0 rings (SSSR count). The molecule has 0 aromatic heterocycles. The summed E-state index contributed by atoms with van der Waals surface area (Å²) in [6.45, 7) is 0. The Morgan fingerprint density at radius 2 is 1.25 bits per heavy atom. The van der Waals surface area contributed by atoms with Crippen LogP contribution in [0.1, 0.15) is 2.85 Å². The van der Waals surface area contributed by atoms with Gasteiger partial charge in [0.2, 0.25) is 0 Å². The summed E-state index contributed by atoms with van der Waals surface area (Å²) >= 11 is 0. The Bertz CT molecular complexity index is 13.5. The predicted octanol–water partition coefficient (Wildman–Crippen LogP) is -2.43. The third-order valence-corrected chi connectivity index (χ3v) is 0.